The molecular weight excluding hydrogens is 214 g/mol. The first-order valence-corrected chi connectivity index (χ1v) is 6.48. The Morgan fingerprint density at radius 1 is 1.06 bits per heavy atom. The van der Waals surface area contributed by atoms with Gasteiger partial charge in [-0.3, -0.25) is 0 Å². The van der Waals surface area contributed by atoms with Crippen LogP contribution in [0, 0.1) is 0 Å². The fourth-order valence-corrected chi connectivity index (χ4v) is 2.13. The van der Waals surface area contributed by atoms with Crippen LogP contribution in [0.4, 0.5) is 5.69 Å². The summed E-state index contributed by atoms with van der Waals surface area (Å²) in [5.41, 5.74) is 9.41. The van der Waals surface area contributed by atoms with E-state index in [1.54, 1.807) is 11.8 Å². The molecule has 0 saturated carbocycles. The zero-order chi connectivity index (χ0) is 11.4. The Kier molecular flexibility index (Phi) is 3.52. The highest BCUT2D eigenvalue weighted by atomic mass is 32.2. The summed E-state index contributed by atoms with van der Waals surface area (Å²) in [6.45, 7) is 0. The normalized spacial score (nSPS) is 10.3. The van der Waals surface area contributed by atoms with Gasteiger partial charge in [-0.15, -0.1) is 11.8 Å². The Bertz CT molecular complexity index is 465. The summed E-state index contributed by atoms with van der Waals surface area (Å²) >= 11 is 1.72. The minimum Gasteiger partial charge on any atom is -0.398 e. The first kappa shape index (κ1) is 11.1. The lowest BCUT2D eigenvalue weighted by Gasteiger charge is -2.07. The molecule has 0 saturated heterocycles. The highest BCUT2D eigenvalue weighted by Gasteiger charge is 2.01. The van der Waals surface area contributed by atoms with E-state index in [2.05, 4.69) is 42.7 Å². The largest absolute Gasteiger partial charge is 0.398 e. The lowest BCUT2D eigenvalue weighted by molar-refractivity contribution is 1.19. The third-order valence-corrected chi connectivity index (χ3v) is 3.32. The summed E-state index contributed by atoms with van der Waals surface area (Å²) in [7, 11) is 0. The molecule has 2 N–H and O–H groups in total. The van der Waals surface area contributed by atoms with Crippen molar-refractivity contribution in [2.45, 2.75) is 11.3 Å². The Hall–Kier alpha value is -1.41. The predicted octanol–water partition coefficient (Wildman–Crippen LogP) is 3.58. The van der Waals surface area contributed by atoms with Crippen LogP contribution in [0.5, 0.6) is 0 Å². The molecule has 0 fully saturated rings. The Balaban J connectivity index is 2.22. The lowest BCUT2D eigenvalue weighted by Crippen LogP contribution is -1.95. The molecule has 2 rings (SSSR count). The Labute approximate surface area is 101 Å². The van der Waals surface area contributed by atoms with Crippen molar-refractivity contribution in [1.82, 2.24) is 0 Å². The third-order valence-electron chi connectivity index (χ3n) is 2.59. The molecule has 0 aliphatic rings. The molecule has 0 bridgehead atoms. The summed E-state index contributed by atoms with van der Waals surface area (Å²) < 4.78 is 0. The van der Waals surface area contributed by atoms with Gasteiger partial charge in [0, 0.05) is 10.6 Å². The van der Waals surface area contributed by atoms with Crippen molar-refractivity contribution in [2.75, 3.05) is 12.0 Å². The fraction of sp³-hybridized carbons (Fsp3) is 0.143. The maximum absolute atomic E-state index is 6.03. The van der Waals surface area contributed by atoms with Gasteiger partial charge in [0.25, 0.3) is 0 Å². The van der Waals surface area contributed by atoms with E-state index in [9.17, 15) is 0 Å². The van der Waals surface area contributed by atoms with Crippen LogP contribution in [0.1, 0.15) is 11.1 Å². The number of hydrogen-bond donors (Lipinski definition) is 1. The standard InChI is InChI=1S/C14H15NS/c1-16-13-8-7-12(14(15)10-13)9-11-5-3-2-4-6-11/h2-8,10H,9,15H2,1H3. The van der Waals surface area contributed by atoms with E-state index in [0.29, 0.717) is 0 Å². The van der Waals surface area contributed by atoms with Gasteiger partial charge in [0.1, 0.15) is 0 Å². The number of rotatable bonds is 3. The second-order valence-corrected chi connectivity index (χ2v) is 4.61. The van der Waals surface area contributed by atoms with Crippen molar-refractivity contribution in [1.29, 1.82) is 0 Å². The molecule has 16 heavy (non-hydrogen) atoms. The van der Waals surface area contributed by atoms with E-state index >= 15 is 0 Å². The number of anilines is 1. The number of hydrogen-bond acceptors (Lipinski definition) is 2. The zero-order valence-corrected chi connectivity index (χ0v) is 10.1. The van der Waals surface area contributed by atoms with Crippen LogP contribution in [0.2, 0.25) is 0 Å². The summed E-state index contributed by atoms with van der Waals surface area (Å²) in [5, 5.41) is 0. The van der Waals surface area contributed by atoms with Gasteiger partial charge in [0.05, 0.1) is 0 Å². The molecule has 0 amide bonds. The minimum atomic E-state index is 0.885. The second-order valence-electron chi connectivity index (χ2n) is 3.73. The molecule has 0 atom stereocenters. The second kappa shape index (κ2) is 5.08. The van der Waals surface area contributed by atoms with Crippen LogP contribution in [0.15, 0.2) is 53.4 Å². The van der Waals surface area contributed by atoms with Crippen molar-refractivity contribution in [3.05, 3.63) is 59.7 Å². The van der Waals surface area contributed by atoms with Gasteiger partial charge < -0.3 is 5.73 Å². The van der Waals surface area contributed by atoms with Crippen LogP contribution in [-0.2, 0) is 6.42 Å². The van der Waals surface area contributed by atoms with Crippen molar-refractivity contribution in [3.8, 4) is 0 Å². The van der Waals surface area contributed by atoms with E-state index in [0.717, 1.165) is 12.1 Å². The SMILES string of the molecule is CSc1ccc(Cc2ccccc2)c(N)c1. The summed E-state index contributed by atoms with van der Waals surface area (Å²) in [4.78, 5) is 1.22. The highest BCUT2D eigenvalue weighted by molar-refractivity contribution is 7.98. The molecule has 0 aromatic heterocycles. The lowest BCUT2D eigenvalue weighted by atomic mass is 10.0. The molecule has 0 aliphatic heterocycles. The summed E-state index contributed by atoms with van der Waals surface area (Å²) in [6, 6.07) is 16.7. The van der Waals surface area contributed by atoms with Gasteiger partial charge in [-0.25, -0.2) is 0 Å². The molecule has 2 aromatic carbocycles. The van der Waals surface area contributed by atoms with E-state index in [-0.39, 0.29) is 0 Å². The van der Waals surface area contributed by atoms with Crippen molar-refractivity contribution in [2.24, 2.45) is 0 Å². The summed E-state index contributed by atoms with van der Waals surface area (Å²) in [5.74, 6) is 0. The predicted molar refractivity (Wildman–Crippen MR) is 71.9 cm³/mol. The molecule has 2 heteroatoms. The zero-order valence-electron chi connectivity index (χ0n) is 9.31. The average Bonchev–Trinajstić information content (AvgIpc) is 2.33. The average molecular weight is 229 g/mol. The monoisotopic (exact) mass is 229 g/mol. The Morgan fingerprint density at radius 3 is 2.44 bits per heavy atom. The van der Waals surface area contributed by atoms with Gasteiger partial charge in [0.2, 0.25) is 0 Å². The number of nitrogen functional groups attached to an aromatic ring is 1. The molecule has 0 radical (unpaired) electrons. The van der Waals surface area contributed by atoms with E-state index in [1.165, 1.54) is 16.0 Å². The maximum Gasteiger partial charge on any atom is 0.0361 e. The maximum atomic E-state index is 6.03. The van der Waals surface area contributed by atoms with Crippen molar-refractivity contribution in [3.63, 3.8) is 0 Å². The van der Waals surface area contributed by atoms with Gasteiger partial charge in [0.15, 0.2) is 0 Å². The molecule has 1 nitrogen and oxygen atoms in total. The quantitative estimate of drug-likeness (QED) is 0.643. The van der Waals surface area contributed by atoms with Crippen molar-refractivity contribution < 1.29 is 0 Å². The van der Waals surface area contributed by atoms with Crippen LogP contribution in [0.3, 0.4) is 0 Å². The van der Waals surface area contributed by atoms with E-state index in [4.69, 9.17) is 5.73 Å². The van der Waals surface area contributed by atoms with Crippen molar-refractivity contribution >= 4 is 17.4 Å². The van der Waals surface area contributed by atoms with E-state index < -0.39 is 0 Å². The van der Waals surface area contributed by atoms with Gasteiger partial charge in [-0.05, 0) is 35.9 Å². The number of benzene rings is 2. The van der Waals surface area contributed by atoms with Crippen LogP contribution < -0.4 is 5.73 Å². The number of nitrogens with two attached hydrogens (primary N) is 1. The molecule has 0 heterocycles. The Morgan fingerprint density at radius 2 is 1.81 bits per heavy atom. The minimum absolute atomic E-state index is 0.885. The molecular formula is C14H15NS. The fourth-order valence-electron chi connectivity index (χ4n) is 1.68. The first-order valence-electron chi connectivity index (χ1n) is 5.26. The van der Waals surface area contributed by atoms with E-state index in [1.807, 2.05) is 12.1 Å². The third kappa shape index (κ3) is 2.58. The molecule has 0 unspecified atom stereocenters. The first-order chi connectivity index (χ1) is 7.79. The van der Waals surface area contributed by atoms with Gasteiger partial charge in [-0.2, -0.15) is 0 Å². The molecule has 82 valence electrons. The smallest absolute Gasteiger partial charge is 0.0361 e. The highest BCUT2D eigenvalue weighted by Crippen LogP contribution is 2.23. The number of thioether (sulfide) groups is 1. The van der Waals surface area contributed by atoms with Crippen LogP contribution >= 0.6 is 11.8 Å². The molecule has 0 aliphatic carbocycles. The molecule has 2 aromatic rings. The van der Waals surface area contributed by atoms with Crippen LogP contribution in [0.25, 0.3) is 0 Å². The summed E-state index contributed by atoms with van der Waals surface area (Å²) in [6.07, 6.45) is 2.97. The van der Waals surface area contributed by atoms with Gasteiger partial charge in [-0.1, -0.05) is 36.4 Å². The van der Waals surface area contributed by atoms with Crippen LogP contribution in [-0.4, -0.2) is 6.26 Å². The molecule has 0 spiro atoms. The topological polar surface area (TPSA) is 26.0 Å². The van der Waals surface area contributed by atoms with Gasteiger partial charge >= 0.3 is 0 Å².